The summed E-state index contributed by atoms with van der Waals surface area (Å²) in [5.74, 6) is 0.509. The molecule has 2 heterocycles. The smallest absolute Gasteiger partial charge is 0.253 e. The van der Waals surface area contributed by atoms with Crippen molar-refractivity contribution in [2.45, 2.75) is 31.7 Å². The van der Waals surface area contributed by atoms with E-state index in [0.29, 0.717) is 39.3 Å². The highest BCUT2D eigenvalue weighted by Gasteiger charge is 2.41. The Morgan fingerprint density at radius 1 is 0.900 bits per heavy atom. The molecule has 2 atom stereocenters. The van der Waals surface area contributed by atoms with Crippen LogP contribution in [-0.4, -0.2) is 49.9 Å². The largest absolute Gasteiger partial charge is 0.497 e. The maximum absolute atomic E-state index is 13.9. The van der Waals surface area contributed by atoms with Gasteiger partial charge in [-0.2, -0.15) is 0 Å². The fourth-order valence-corrected chi connectivity index (χ4v) is 6.01. The Morgan fingerprint density at radius 3 is 2.15 bits per heavy atom. The van der Waals surface area contributed by atoms with Gasteiger partial charge in [-0.15, -0.1) is 0 Å². The predicted octanol–water partition coefficient (Wildman–Crippen LogP) is 5.83. The molecule has 2 unspecified atom stereocenters. The van der Waals surface area contributed by atoms with E-state index in [1.165, 1.54) is 0 Å². The lowest BCUT2D eigenvalue weighted by molar-refractivity contribution is -0.125. The average molecular weight is 607 g/mol. The molecule has 0 radical (unpaired) electrons. The number of nitrogens with one attached hydrogen (secondary N) is 1. The van der Waals surface area contributed by atoms with Gasteiger partial charge in [0.15, 0.2) is 0 Å². The summed E-state index contributed by atoms with van der Waals surface area (Å²) in [7, 11) is 3.19. The number of halogens is 1. The summed E-state index contributed by atoms with van der Waals surface area (Å²) in [6.07, 6.45) is 2.62. The molecule has 3 amide bonds. The van der Waals surface area contributed by atoms with Crippen LogP contribution in [0.1, 0.15) is 47.6 Å². The molecule has 208 valence electrons. The second kappa shape index (κ2) is 12.1. The van der Waals surface area contributed by atoms with Gasteiger partial charge in [0.2, 0.25) is 11.8 Å². The number of likely N-dealkylation sites (tertiary alicyclic amines) is 1. The van der Waals surface area contributed by atoms with Crippen molar-refractivity contribution in [2.75, 3.05) is 37.5 Å². The topological polar surface area (TPSA) is 88.2 Å². The third-order valence-electron chi connectivity index (χ3n) is 7.55. The van der Waals surface area contributed by atoms with E-state index < -0.39 is 12.0 Å². The number of benzene rings is 3. The second-order valence-electron chi connectivity index (χ2n) is 10.0. The Morgan fingerprint density at radius 2 is 1.52 bits per heavy atom. The van der Waals surface area contributed by atoms with Crippen LogP contribution in [0.3, 0.4) is 0 Å². The third kappa shape index (κ3) is 5.84. The number of amides is 3. The minimum Gasteiger partial charge on any atom is -0.497 e. The molecule has 5 rings (SSSR count). The number of hydrogen-bond donors (Lipinski definition) is 1. The first-order valence-corrected chi connectivity index (χ1v) is 14.2. The van der Waals surface area contributed by atoms with E-state index in [1.54, 1.807) is 49.5 Å². The van der Waals surface area contributed by atoms with Gasteiger partial charge in [0.1, 0.15) is 11.5 Å². The fourth-order valence-electron chi connectivity index (χ4n) is 5.52. The molecule has 8 nitrogen and oxygen atoms in total. The number of methoxy groups -OCH3 is 2. The zero-order chi connectivity index (χ0) is 28.2. The lowest BCUT2D eigenvalue weighted by atomic mass is 9.83. The number of rotatable bonds is 7. The quantitative estimate of drug-likeness (QED) is 0.366. The summed E-state index contributed by atoms with van der Waals surface area (Å²) in [5, 5.41) is 3.04. The first-order valence-electron chi connectivity index (χ1n) is 13.4. The first-order chi connectivity index (χ1) is 19.4. The van der Waals surface area contributed by atoms with Crippen molar-refractivity contribution in [3.05, 3.63) is 82.3 Å². The van der Waals surface area contributed by atoms with Crippen molar-refractivity contribution in [1.82, 2.24) is 4.90 Å². The van der Waals surface area contributed by atoms with E-state index in [2.05, 4.69) is 21.2 Å². The van der Waals surface area contributed by atoms with Crippen molar-refractivity contribution in [1.29, 1.82) is 0 Å². The number of carbonyl (C=O) groups excluding carboxylic acids is 3. The molecule has 2 saturated heterocycles. The molecular formula is C31H32BrN3O5. The van der Waals surface area contributed by atoms with Crippen LogP contribution < -0.4 is 19.7 Å². The predicted molar refractivity (Wildman–Crippen MR) is 157 cm³/mol. The Labute approximate surface area is 242 Å². The summed E-state index contributed by atoms with van der Waals surface area (Å²) in [6.45, 7) is 1.49. The number of hydrogen-bond acceptors (Lipinski definition) is 5. The van der Waals surface area contributed by atoms with Crippen molar-refractivity contribution in [3.63, 3.8) is 0 Å². The Bertz CT molecular complexity index is 1390. The Balaban J connectivity index is 1.47. The molecule has 2 fully saturated rings. The fraction of sp³-hybridized carbons (Fsp3) is 0.323. The molecule has 0 aliphatic carbocycles. The molecule has 1 N–H and O–H groups in total. The summed E-state index contributed by atoms with van der Waals surface area (Å²) in [4.78, 5) is 43.9. The van der Waals surface area contributed by atoms with E-state index in [0.717, 1.165) is 31.5 Å². The van der Waals surface area contributed by atoms with E-state index in [4.69, 9.17) is 9.47 Å². The van der Waals surface area contributed by atoms with Gasteiger partial charge in [-0.3, -0.25) is 14.4 Å². The van der Waals surface area contributed by atoms with Crippen LogP contribution in [0.25, 0.3) is 0 Å². The van der Waals surface area contributed by atoms with Crippen molar-refractivity contribution in [2.24, 2.45) is 5.92 Å². The summed E-state index contributed by atoms with van der Waals surface area (Å²) in [6, 6.07) is 19.5. The molecule has 2 aliphatic heterocycles. The van der Waals surface area contributed by atoms with E-state index in [1.807, 2.05) is 41.3 Å². The maximum Gasteiger partial charge on any atom is 0.253 e. The molecular weight excluding hydrogens is 574 g/mol. The van der Waals surface area contributed by atoms with Crippen LogP contribution in [0.4, 0.5) is 11.4 Å². The monoisotopic (exact) mass is 605 g/mol. The molecule has 2 aliphatic rings. The van der Waals surface area contributed by atoms with Crippen LogP contribution in [0, 0.1) is 5.92 Å². The van der Waals surface area contributed by atoms with E-state index >= 15 is 0 Å². The van der Waals surface area contributed by atoms with Crippen molar-refractivity contribution < 1.29 is 23.9 Å². The van der Waals surface area contributed by atoms with E-state index in [-0.39, 0.29) is 24.1 Å². The van der Waals surface area contributed by atoms with Gasteiger partial charge in [0, 0.05) is 40.9 Å². The standard InChI is InChI=1S/C31H32BrN3O5/c1-39-25-9-5-20(6-10-25)29-27(13-14-28(36)35(29)24-7-11-26(40-2)12-8-24)30(37)33-23-18-21(17-22(32)19-23)31(38)34-15-3-4-16-34/h5-12,17-19,27,29H,3-4,13-16H2,1-2H3,(H,33,37). The van der Waals surface area contributed by atoms with Crippen LogP contribution >= 0.6 is 15.9 Å². The van der Waals surface area contributed by atoms with Gasteiger partial charge < -0.3 is 24.6 Å². The van der Waals surface area contributed by atoms with Crippen LogP contribution in [0.2, 0.25) is 0 Å². The Hall–Kier alpha value is -3.85. The zero-order valence-electron chi connectivity index (χ0n) is 22.6. The zero-order valence-corrected chi connectivity index (χ0v) is 24.1. The SMILES string of the molecule is COc1ccc(C2C(C(=O)Nc3cc(Br)cc(C(=O)N4CCCC4)c3)CCC(=O)N2c2ccc(OC)cc2)cc1. The number of nitrogens with zero attached hydrogens (tertiary/aromatic N) is 2. The molecule has 0 bridgehead atoms. The summed E-state index contributed by atoms with van der Waals surface area (Å²) >= 11 is 3.50. The second-order valence-corrected chi connectivity index (χ2v) is 11.0. The van der Waals surface area contributed by atoms with Gasteiger partial charge >= 0.3 is 0 Å². The lowest BCUT2D eigenvalue weighted by Crippen LogP contribution is -2.47. The van der Waals surface area contributed by atoms with Gasteiger partial charge in [-0.25, -0.2) is 0 Å². The van der Waals surface area contributed by atoms with Gasteiger partial charge in [0.25, 0.3) is 5.91 Å². The lowest BCUT2D eigenvalue weighted by Gasteiger charge is -2.41. The van der Waals surface area contributed by atoms with Crippen molar-refractivity contribution in [3.8, 4) is 11.5 Å². The minimum absolute atomic E-state index is 0.0423. The van der Waals surface area contributed by atoms with Crippen molar-refractivity contribution >= 4 is 45.0 Å². The van der Waals surface area contributed by atoms with E-state index in [9.17, 15) is 14.4 Å². The number of ether oxygens (including phenoxy) is 2. The third-order valence-corrected chi connectivity index (χ3v) is 8.01. The maximum atomic E-state index is 13.9. The highest BCUT2D eigenvalue weighted by Crippen LogP contribution is 2.41. The minimum atomic E-state index is -0.543. The van der Waals surface area contributed by atoms with Gasteiger partial charge in [0.05, 0.1) is 26.2 Å². The first kappa shape index (κ1) is 27.7. The molecule has 0 aromatic heterocycles. The van der Waals surface area contributed by atoms with Crippen LogP contribution in [0.5, 0.6) is 11.5 Å². The molecule has 0 spiro atoms. The highest BCUT2D eigenvalue weighted by atomic mass is 79.9. The molecule has 40 heavy (non-hydrogen) atoms. The molecule has 0 saturated carbocycles. The highest BCUT2D eigenvalue weighted by molar-refractivity contribution is 9.10. The molecule has 3 aromatic carbocycles. The summed E-state index contributed by atoms with van der Waals surface area (Å²) < 4.78 is 11.3. The van der Waals surface area contributed by atoms with Crippen LogP contribution in [-0.2, 0) is 9.59 Å². The summed E-state index contributed by atoms with van der Waals surface area (Å²) in [5.41, 5.74) is 2.56. The molecule has 3 aromatic rings. The van der Waals surface area contributed by atoms with Gasteiger partial charge in [-0.1, -0.05) is 28.1 Å². The van der Waals surface area contributed by atoms with Crippen LogP contribution in [0.15, 0.2) is 71.2 Å². The number of piperidine rings is 1. The van der Waals surface area contributed by atoms with Gasteiger partial charge in [-0.05, 0) is 79.4 Å². The number of anilines is 2. The average Bonchev–Trinajstić information content (AvgIpc) is 3.51. The Kier molecular flexibility index (Phi) is 8.40. The molecule has 9 heteroatoms. The number of carbonyl (C=O) groups is 3. The normalized spacial score (nSPS) is 18.9.